The van der Waals surface area contributed by atoms with E-state index in [0.29, 0.717) is 6.42 Å². The second-order valence-electron chi connectivity index (χ2n) is 4.06. The molecule has 0 fully saturated rings. The minimum Gasteiger partial charge on any atom is -0.467 e. The molecule has 94 valence electrons. The Labute approximate surface area is 109 Å². The number of halogens is 1. The molecule has 0 aliphatic rings. The van der Waals surface area contributed by atoms with Gasteiger partial charge in [0.2, 0.25) is 0 Å². The van der Waals surface area contributed by atoms with Gasteiger partial charge in [0, 0.05) is 12.1 Å². The summed E-state index contributed by atoms with van der Waals surface area (Å²) in [7, 11) is 0. The zero-order chi connectivity index (χ0) is 13.1. The van der Waals surface area contributed by atoms with Crippen molar-refractivity contribution in [2.75, 3.05) is 0 Å². The molecule has 0 saturated heterocycles. The van der Waals surface area contributed by atoms with Crippen molar-refractivity contribution in [2.45, 2.75) is 18.7 Å². The van der Waals surface area contributed by atoms with Crippen LogP contribution in [0.4, 0.5) is 5.69 Å². The fourth-order valence-corrected chi connectivity index (χ4v) is 2.16. The van der Waals surface area contributed by atoms with Crippen LogP contribution >= 0.6 is 11.6 Å². The van der Waals surface area contributed by atoms with Crippen molar-refractivity contribution in [1.29, 1.82) is 0 Å². The Morgan fingerprint density at radius 2 is 2.00 bits per heavy atom. The molecule has 2 aromatic rings. The first-order valence-electron chi connectivity index (χ1n) is 5.49. The minimum atomic E-state index is -0.418. The van der Waals surface area contributed by atoms with Gasteiger partial charge >= 0.3 is 0 Å². The van der Waals surface area contributed by atoms with Gasteiger partial charge in [-0.3, -0.25) is 10.1 Å². The molecule has 0 saturated carbocycles. The lowest BCUT2D eigenvalue weighted by Crippen LogP contribution is -1.96. The third-order valence-corrected chi connectivity index (χ3v) is 3.10. The number of hydrogen-bond acceptors (Lipinski definition) is 3. The van der Waals surface area contributed by atoms with Crippen molar-refractivity contribution >= 4 is 17.3 Å². The molecule has 1 heterocycles. The Hall–Kier alpha value is -1.81. The van der Waals surface area contributed by atoms with Crippen molar-refractivity contribution in [3.05, 3.63) is 63.6 Å². The first-order valence-corrected chi connectivity index (χ1v) is 5.93. The SMILES string of the molecule is Cc1ccoc1C(Cl)Cc1ccc([N+](=O)[O-])cc1. The highest BCUT2D eigenvalue weighted by molar-refractivity contribution is 6.20. The number of aryl methyl sites for hydroxylation is 1. The Morgan fingerprint density at radius 3 is 2.50 bits per heavy atom. The van der Waals surface area contributed by atoms with Crippen LogP contribution < -0.4 is 0 Å². The lowest BCUT2D eigenvalue weighted by molar-refractivity contribution is -0.384. The van der Waals surface area contributed by atoms with E-state index in [-0.39, 0.29) is 11.1 Å². The lowest BCUT2D eigenvalue weighted by atomic mass is 10.1. The monoisotopic (exact) mass is 265 g/mol. The second kappa shape index (κ2) is 5.23. The number of furan rings is 1. The van der Waals surface area contributed by atoms with Gasteiger partial charge in [-0.1, -0.05) is 12.1 Å². The standard InChI is InChI=1S/C13H12ClNO3/c1-9-6-7-18-13(9)12(14)8-10-2-4-11(5-3-10)15(16)17/h2-7,12H,8H2,1H3. The summed E-state index contributed by atoms with van der Waals surface area (Å²) in [5.41, 5.74) is 2.03. The number of nitrogens with zero attached hydrogens (tertiary/aromatic N) is 1. The number of nitro benzene ring substituents is 1. The molecule has 5 heteroatoms. The van der Waals surface area contributed by atoms with Crippen LogP contribution in [0.3, 0.4) is 0 Å². The number of rotatable bonds is 4. The van der Waals surface area contributed by atoms with Crippen LogP contribution in [0.15, 0.2) is 41.0 Å². The van der Waals surface area contributed by atoms with Crippen LogP contribution in [0, 0.1) is 17.0 Å². The predicted octanol–water partition coefficient (Wildman–Crippen LogP) is 4.02. The van der Waals surface area contributed by atoms with E-state index in [4.69, 9.17) is 16.0 Å². The molecule has 0 spiro atoms. The fraction of sp³-hybridized carbons (Fsp3) is 0.231. The normalized spacial score (nSPS) is 12.3. The molecule has 18 heavy (non-hydrogen) atoms. The zero-order valence-electron chi connectivity index (χ0n) is 9.80. The third-order valence-electron chi connectivity index (χ3n) is 2.75. The van der Waals surface area contributed by atoms with E-state index in [0.717, 1.165) is 16.9 Å². The van der Waals surface area contributed by atoms with E-state index in [2.05, 4.69) is 0 Å². The van der Waals surface area contributed by atoms with Crippen LogP contribution in [0.25, 0.3) is 0 Å². The molecule has 2 rings (SSSR count). The summed E-state index contributed by atoms with van der Waals surface area (Å²) in [6.07, 6.45) is 2.18. The molecular weight excluding hydrogens is 254 g/mol. The van der Waals surface area contributed by atoms with Gasteiger partial charge in [0.25, 0.3) is 5.69 Å². The molecular formula is C13H12ClNO3. The maximum atomic E-state index is 10.5. The minimum absolute atomic E-state index is 0.0825. The molecule has 0 aliphatic heterocycles. The summed E-state index contributed by atoms with van der Waals surface area (Å²) in [6.45, 7) is 1.93. The van der Waals surface area contributed by atoms with Gasteiger partial charge in [0.05, 0.1) is 16.6 Å². The van der Waals surface area contributed by atoms with Crippen molar-refractivity contribution in [3.8, 4) is 0 Å². The number of alkyl halides is 1. The summed E-state index contributed by atoms with van der Waals surface area (Å²) in [5, 5.41) is 10.3. The van der Waals surface area contributed by atoms with Gasteiger partial charge in [0.1, 0.15) is 5.76 Å². The molecule has 0 radical (unpaired) electrons. The van der Waals surface area contributed by atoms with E-state index in [1.807, 2.05) is 13.0 Å². The van der Waals surface area contributed by atoms with E-state index in [9.17, 15) is 10.1 Å². The molecule has 1 aromatic heterocycles. The Kier molecular flexibility index (Phi) is 3.67. The topological polar surface area (TPSA) is 56.3 Å². The number of benzene rings is 1. The Balaban J connectivity index is 2.10. The van der Waals surface area contributed by atoms with Crippen molar-refractivity contribution in [1.82, 2.24) is 0 Å². The molecule has 0 bridgehead atoms. The van der Waals surface area contributed by atoms with Gasteiger partial charge < -0.3 is 4.42 Å². The number of hydrogen-bond donors (Lipinski definition) is 0. The average molecular weight is 266 g/mol. The van der Waals surface area contributed by atoms with Gasteiger partial charge in [-0.15, -0.1) is 11.6 Å². The molecule has 0 amide bonds. The number of nitro groups is 1. The molecule has 0 N–H and O–H groups in total. The summed E-state index contributed by atoms with van der Waals surface area (Å²) in [6, 6.07) is 8.25. The van der Waals surface area contributed by atoms with Crippen LogP contribution in [-0.4, -0.2) is 4.92 Å². The average Bonchev–Trinajstić information content (AvgIpc) is 2.76. The first-order chi connectivity index (χ1) is 8.58. The zero-order valence-corrected chi connectivity index (χ0v) is 10.6. The van der Waals surface area contributed by atoms with Gasteiger partial charge in [0.15, 0.2) is 0 Å². The van der Waals surface area contributed by atoms with Crippen LogP contribution in [0.2, 0.25) is 0 Å². The second-order valence-corrected chi connectivity index (χ2v) is 4.59. The summed E-state index contributed by atoms with van der Waals surface area (Å²) in [5.74, 6) is 0.745. The fourth-order valence-electron chi connectivity index (χ4n) is 1.76. The van der Waals surface area contributed by atoms with Crippen molar-refractivity contribution < 1.29 is 9.34 Å². The van der Waals surface area contributed by atoms with Crippen LogP contribution in [0.5, 0.6) is 0 Å². The van der Waals surface area contributed by atoms with E-state index < -0.39 is 4.92 Å². The van der Waals surface area contributed by atoms with Gasteiger partial charge in [-0.05, 0) is 30.5 Å². The largest absolute Gasteiger partial charge is 0.467 e. The molecule has 4 nitrogen and oxygen atoms in total. The van der Waals surface area contributed by atoms with E-state index >= 15 is 0 Å². The van der Waals surface area contributed by atoms with E-state index in [1.54, 1.807) is 18.4 Å². The maximum absolute atomic E-state index is 10.5. The lowest BCUT2D eigenvalue weighted by Gasteiger charge is -2.07. The summed E-state index contributed by atoms with van der Waals surface area (Å²) in [4.78, 5) is 10.1. The number of non-ortho nitro benzene ring substituents is 1. The molecule has 1 unspecified atom stereocenters. The smallest absolute Gasteiger partial charge is 0.269 e. The van der Waals surface area contributed by atoms with Gasteiger partial charge in [-0.25, -0.2) is 0 Å². The highest BCUT2D eigenvalue weighted by Gasteiger charge is 2.15. The molecule has 0 aliphatic carbocycles. The quantitative estimate of drug-likeness (QED) is 0.477. The predicted molar refractivity (Wildman–Crippen MR) is 68.8 cm³/mol. The van der Waals surface area contributed by atoms with Crippen molar-refractivity contribution in [3.63, 3.8) is 0 Å². The first kappa shape index (κ1) is 12.6. The Morgan fingerprint density at radius 1 is 1.33 bits per heavy atom. The van der Waals surface area contributed by atoms with Gasteiger partial charge in [-0.2, -0.15) is 0 Å². The highest BCUT2D eigenvalue weighted by Crippen LogP contribution is 2.28. The molecule has 1 aromatic carbocycles. The van der Waals surface area contributed by atoms with Crippen LogP contribution in [-0.2, 0) is 6.42 Å². The molecule has 1 atom stereocenters. The Bertz CT molecular complexity index is 548. The van der Waals surface area contributed by atoms with Crippen molar-refractivity contribution in [2.24, 2.45) is 0 Å². The summed E-state index contributed by atoms with van der Waals surface area (Å²) >= 11 is 6.26. The summed E-state index contributed by atoms with van der Waals surface area (Å²) < 4.78 is 5.32. The highest BCUT2D eigenvalue weighted by atomic mass is 35.5. The third kappa shape index (κ3) is 2.71. The maximum Gasteiger partial charge on any atom is 0.269 e. The van der Waals surface area contributed by atoms with Crippen LogP contribution in [0.1, 0.15) is 22.3 Å². The van der Waals surface area contributed by atoms with E-state index in [1.165, 1.54) is 12.1 Å².